The first-order chi connectivity index (χ1) is 8.08. The maximum Gasteiger partial charge on any atom is 0.241 e. The number of carbonyl (C=O) groups is 1. The Labute approximate surface area is 99.2 Å². The normalized spacial score (nSPS) is 11.6. The van der Waals surface area contributed by atoms with Crippen molar-refractivity contribution in [3.8, 4) is 6.07 Å². The van der Waals surface area contributed by atoms with Crippen LogP contribution in [0.4, 0.5) is 10.1 Å². The third-order valence-corrected chi connectivity index (χ3v) is 2.29. The lowest BCUT2D eigenvalue weighted by atomic mass is 10.1. The minimum atomic E-state index is -0.643. The van der Waals surface area contributed by atoms with Crippen LogP contribution in [0.2, 0.25) is 0 Å². The summed E-state index contributed by atoms with van der Waals surface area (Å²) >= 11 is 0. The molecule has 1 aromatic carbocycles. The van der Waals surface area contributed by atoms with Crippen molar-refractivity contribution in [2.45, 2.75) is 25.8 Å². The van der Waals surface area contributed by atoms with Crippen molar-refractivity contribution in [3.63, 3.8) is 0 Å². The van der Waals surface area contributed by atoms with Crippen molar-refractivity contribution in [2.24, 2.45) is 5.73 Å². The van der Waals surface area contributed by atoms with E-state index in [-0.39, 0.29) is 11.3 Å². The number of amides is 1. The molecule has 0 aliphatic rings. The fraction of sp³-hybridized carbons (Fsp3) is 0.333. The molecule has 0 aromatic heterocycles. The highest BCUT2D eigenvalue weighted by atomic mass is 19.1. The molecular weight excluding hydrogens is 221 g/mol. The van der Waals surface area contributed by atoms with Gasteiger partial charge in [-0.25, -0.2) is 4.39 Å². The molecule has 0 saturated carbocycles. The molecule has 90 valence electrons. The number of nitrogens with zero attached hydrogens (tertiary/aromatic N) is 1. The summed E-state index contributed by atoms with van der Waals surface area (Å²) in [4.78, 5) is 11.5. The van der Waals surface area contributed by atoms with Crippen molar-refractivity contribution in [1.29, 1.82) is 5.26 Å². The number of anilines is 1. The fourth-order valence-corrected chi connectivity index (χ4v) is 1.35. The molecular formula is C12H14FN3O. The number of halogens is 1. The van der Waals surface area contributed by atoms with Crippen molar-refractivity contribution < 1.29 is 9.18 Å². The highest BCUT2D eigenvalue weighted by Gasteiger charge is 2.14. The smallest absolute Gasteiger partial charge is 0.241 e. The molecule has 1 atom stereocenters. The lowest BCUT2D eigenvalue weighted by Crippen LogP contribution is -2.35. The van der Waals surface area contributed by atoms with E-state index in [0.29, 0.717) is 6.42 Å². The summed E-state index contributed by atoms with van der Waals surface area (Å²) < 4.78 is 13.4. The van der Waals surface area contributed by atoms with E-state index in [9.17, 15) is 9.18 Å². The summed E-state index contributed by atoms with van der Waals surface area (Å²) in [6.45, 7) is 1.91. The number of hydrogen-bond donors (Lipinski definition) is 2. The topological polar surface area (TPSA) is 78.9 Å². The second-order valence-corrected chi connectivity index (χ2v) is 3.69. The van der Waals surface area contributed by atoms with E-state index in [1.165, 1.54) is 12.1 Å². The number of nitrogens with two attached hydrogens (primary N) is 1. The standard InChI is InChI=1S/C12H14FN3O/c1-2-3-10(15)12(17)16-11-5-4-8(7-14)6-9(11)13/h4-6,10H,2-3,15H2,1H3,(H,16,17). The second-order valence-electron chi connectivity index (χ2n) is 3.69. The van der Waals surface area contributed by atoms with Gasteiger partial charge in [-0.1, -0.05) is 13.3 Å². The van der Waals surface area contributed by atoms with Crippen LogP contribution in [0.5, 0.6) is 0 Å². The Morgan fingerprint density at radius 1 is 1.65 bits per heavy atom. The number of rotatable bonds is 4. The first-order valence-electron chi connectivity index (χ1n) is 5.34. The molecule has 0 saturated heterocycles. The Balaban J connectivity index is 2.76. The van der Waals surface area contributed by atoms with Crippen molar-refractivity contribution in [2.75, 3.05) is 5.32 Å². The van der Waals surface area contributed by atoms with Crippen molar-refractivity contribution >= 4 is 11.6 Å². The summed E-state index contributed by atoms with van der Waals surface area (Å²) in [5.41, 5.74) is 5.84. The average molecular weight is 235 g/mol. The Morgan fingerprint density at radius 2 is 2.35 bits per heavy atom. The van der Waals surface area contributed by atoms with Gasteiger partial charge in [0, 0.05) is 0 Å². The predicted octanol–water partition coefficient (Wildman–Crippen LogP) is 1.76. The molecule has 0 radical (unpaired) electrons. The van der Waals surface area contributed by atoms with Gasteiger partial charge in [-0.15, -0.1) is 0 Å². The van der Waals surface area contributed by atoms with E-state index in [4.69, 9.17) is 11.0 Å². The third-order valence-electron chi connectivity index (χ3n) is 2.29. The Morgan fingerprint density at radius 3 is 2.88 bits per heavy atom. The van der Waals surface area contributed by atoms with Gasteiger partial charge in [-0.05, 0) is 24.6 Å². The van der Waals surface area contributed by atoms with Gasteiger partial charge < -0.3 is 11.1 Å². The van der Waals surface area contributed by atoms with Crippen LogP contribution >= 0.6 is 0 Å². The number of hydrogen-bond acceptors (Lipinski definition) is 3. The van der Waals surface area contributed by atoms with Crippen LogP contribution in [0.15, 0.2) is 18.2 Å². The summed E-state index contributed by atoms with van der Waals surface area (Å²) in [7, 11) is 0. The van der Waals surface area contributed by atoms with E-state index in [2.05, 4.69) is 5.32 Å². The van der Waals surface area contributed by atoms with Crippen LogP contribution < -0.4 is 11.1 Å². The summed E-state index contributed by atoms with van der Waals surface area (Å²) in [6, 6.07) is 5.03. The number of nitriles is 1. The van der Waals surface area contributed by atoms with Crippen LogP contribution in [-0.4, -0.2) is 11.9 Å². The molecule has 17 heavy (non-hydrogen) atoms. The van der Waals surface area contributed by atoms with Crippen LogP contribution in [0.3, 0.4) is 0 Å². The molecule has 0 spiro atoms. The van der Waals surface area contributed by atoms with Crippen LogP contribution in [0.25, 0.3) is 0 Å². The maximum absolute atomic E-state index is 13.4. The minimum Gasteiger partial charge on any atom is -0.322 e. The third kappa shape index (κ3) is 3.54. The Hall–Kier alpha value is -1.93. The molecule has 1 rings (SSSR count). The number of nitrogens with one attached hydrogen (secondary N) is 1. The van der Waals surface area contributed by atoms with Gasteiger partial charge in [0.25, 0.3) is 0 Å². The van der Waals surface area contributed by atoms with Gasteiger partial charge in [-0.3, -0.25) is 4.79 Å². The highest BCUT2D eigenvalue weighted by molar-refractivity contribution is 5.94. The van der Waals surface area contributed by atoms with Crippen LogP contribution in [-0.2, 0) is 4.79 Å². The molecule has 1 aromatic rings. The molecule has 1 unspecified atom stereocenters. The summed E-state index contributed by atoms with van der Waals surface area (Å²) in [5.74, 6) is -1.06. The Bertz CT molecular complexity index is 454. The first kappa shape index (κ1) is 13.1. The maximum atomic E-state index is 13.4. The quantitative estimate of drug-likeness (QED) is 0.834. The summed E-state index contributed by atoms with van der Waals surface area (Å²) in [6.07, 6.45) is 1.33. The lowest BCUT2D eigenvalue weighted by Gasteiger charge is -2.11. The average Bonchev–Trinajstić information content (AvgIpc) is 2.31. The SMILES string of the molecule is CCCC(N)C(=O)Nc1ccc(C#N)cc1F. The molecule has 4 nitrogen and oxygen atoms in total. The molecule has 0 aliphatic carbocycles. The largest absolute Gasteiger partial charge is 0.322 e. The molecule has 0 aliphatic heterocycles. The second kappa shape index (κ2) is 5.97. The van der Waals surface area contributed by atoms with Gasteiger partial charge in [-0.2, -0.15) is 5.26 Å². The summed E-state index contributed by atoms with van der Waals surface area (Å²) in [5, 5.41) is 11.0. The van der Waals surface area contributed by atoms with Gasteiger partial charge >= 0.3 is 0 Å². The van der Waals surface area contributed by atoms with E-state index < -0.39 is 17.8 Å². The van der Waals surface area contributed by atoms with Crippen LogP contribution in [0, 0.1) is 17.1 Å². The fourth-order valence-electron chi connectivity index (χ4n) is 1.35. The van der Waals surface area contributed by atoms with E-state index in [0.717, 1.165) is 12.5 Å². The minimum absolute atomic E-state index is 0.0422. The van der Waals surface area contributed by atoms with E-state index in [1.807, 2.05) is 13.0 Å². The molecule has 5 heteroatoms. The zero-order chi connectivity index (χ0) is 12.8. The zero-order valence-corrected chi connectivity index (χ0v) is 9.53. The van der Waals surface area contributed by atoms with E-state index >= 15 is 0 Å². The first-order valence-corrected chi connectivity index (χ1v) is 5.34. The molecule has 0 bridgehead atoms. The zero-order valence-electron chi connectivity index (χ0n) is 9.53. The van der Waals surface area contributed by atoms with Crippen molar-refractivity contribution in [3.05, 3.63) is 29.6 Å². The van der Waals surface area contributed by atoms with Crippen molar-refractivity contribution in [1.82, 2.24) is 0 Å². The lowest BCUT2D eigenvalue weighted by molar-refractivity contribution is -0.117. The molecule has 0 fully saturated rings. The van der Waals surface area contributed by atoms with Gasteiger partial charge in [0.2, 0.25) is 5.91 Å². The Kier molecular flexibility index (Phi) is 4.61. The van der Waals surface area contributed by atoms with Gasteiger partial charge in [0.05, 0.1) is 23.4 Å². The van der Waals surface area contributed by atoms with Gasteiger partial charge in [0.15, 0.2) is 0 Å². The molecule has 0 heterocycles. The highest BCUT2D eigenvalue weighted by Crippen LogP contribution is 2.15. The predicted molar refractivity (Wildman–Crippen MR) is 62.6 cm³/mol. The number of carbonyl (C=O) groups excluding carboxylic acids is 1. The van der Waals surface area contributed by atoms with E-state index in [1.54, 1.807) is 0 Å². The van der Waals surface area contributed by atoms with Crippen LogP contribution in [0.1, 0.15) is 25.3 Å². The van der Waals surface area contributed by atoms with Gasteiger partial charge in [0.1, 0.15) is 5.82 Å². The monoisotopic (exact) mass is 235 g/mol. The number of benzene rings is 1. The molecule has 3 N–H and O–H groups in total. The molecule has 1 amide bonds.